The summed E-state index contributed by atoms with van der Waals surface area (Å²) in [7, 11) is 1.59. The Morgan fingerprint density at radius 3 is 2.59 bits per heavy atom. The molecule has 0 fully saturated rings. The number of nitrogens with zero attached hydrogens (tertiary/aromatic N) is 3. The van der Waals surface area contributed by atoms with Gasteiger partial charge < -0.3 is 15.9 Å². The van der Waals surface area contributed by atoms with Gasteiger partial charge in [0.25, 0.3) is 0 Å². The van der Waals surface area contributed by atoms with Crippen molar-refractivity contribution in [2.75, 3.05) is 18.3 Å². The first-order valence-electron chi connectivity index (χ1n) is 8.06. The number of hydrogen-bond acceptors (Lipinski definition) is 6. The van der Waals surface area contributed by atoms with Gasteiger partial charge in [-0.15, -0.1) is 10.2 Å². The first-order valence-corrected chi connectivity index (χ1v) is 8.94. The maximum absolute atomic E-state index is 13.7. The van der Waals surface area contributed by atoms with E-state index in [0.717, 1.165) is 23.1 Å². The quantitative estimate of drug-likeness (QED) is 0.499. The number of hydrogen-bond donors (Lipinski definition) is 2. The van der Waals surface area contributed by atoms with E-state index in [-0.39, 0.29) is 11.6 Å². The van der Waals surface area contributed by atoms with Crippen LogP contribution in [0.3, 0.4) is 0 Å². The third kappa shape index (κ3) is 4.20. The number of nitrogens with one attached hydrogen (secondary N) is 1. The minimum atomic E-state index is -0.556. The smallest absolute Gasteiger partial charge is 0.237 e. The number of anilines is 1. The van der Waals surface area contributed by atoms with Crippen molar-refractivity contribution in [2.24, 2.45) is 0 Å². The second-order valence-corrected chi connectivity index (χ2v) is 6.94. The standard InChI is InChI=1S/C18H18FN5O2S/c1-11(17(25)21-15-6-4-3-5-14(15)19)27-18-23-22-16(24(18)20)12-7-9-13(26-2)10-8-12/h3-11H,20H2,1-2H3,(H,21,25)/t11-/m1/s1. The molecule has 0 unspecified atom stereocenters. The Labute approximate surface area is 159 Å². The van der Waals surface area contributed by atoms with Crippen LogP contribution in [0.4, 0.5) is 10.1 Å². The summed E-state index contributed by atoms with van der Waals surface area (Å²) in [5.74, 6) is 6.40. The molecule has 1 amide bonds. The van der Waals surface area contributed by atoms with Crippen molar-refractivity contribution < 1.29 is 13.9 Å². The lowest BCUT2D eigenvalue weighted by Crippen LogP contribution is -2.24. The van der Waals surface area contributed by atoms with Crippen molar-refractivity contribution >= 4 is 23.4 Å². The molecule has 27 heavy (non-hydrogen) atoms. The molecule has 0 bridgehead atoms. The second kappa shape index (κ2) is 8.09. The molecular weight excluding hydrogens is 369 g/mol. The molecular formula is C18H18FN5O2S. The van der Waals surface area contributed by atoms with Crippen LogP contribution in [-0.4, -0.2) is 33.1 Å². The average Bonchev–Trinajstić information content (AvgIpc) is 3.04. The predicted molar refractivity (Wildman–Crippen MR) is 103 cm³/mol. The van der Waals surface area contributed by atoms with Gasteiger partial charge in [0.15, 0.2) is 5.82 Å². The third-order valence-electron chi connectivity index (χ3n) is 3.80. The number of nitrogen functional groups attached to an aromatic ring is 1. The number of nitrogens with two attached hydrogens (primary N) is 1. The molecule has 0 radical (unpaired) electrons. The van der Waals surface area contributed by atoms with Crippen LogP contribution in [0, 0.1) is 5.82 Å². The van der Waals surface area contributed by atoms with Crippen molar-refractivity contribution in [2.45, 2.75) is 17.3 Å². The molecule has 7 nitrogen and oxygen atoms in total. The first kappa shape index (κ1) is 18.7. The summed E-state index contributed by atoms with van der Waals surface area (Å²) < 4.78 is 20.1. The minimum Gasteiger partial charge on any atom is -0.497 e. The first-order chi connectivity index (χ1) is 13.0. The summed E-state index contributed by atoms with van der Waals surface area (Å²) in [6.07, 6.45) is 0. The Morgan fingerprint density at radius 2 is 1.93 bits per heavy atom. The van der Waals surface area contributed by atoms with E-state index in [2.05, 4.69) is 15.5 Å². The molecule has 0 saturated carbocycles. The van der Waals surface area contributed by atoms with Crippen LogP contribution < -0.4 is 15.9 Å². The SMILES string of the molecule is COc1ccc(-c2nnc(S[C@H](C)C(=O)Nc3ccccc3F)n2N)cc1. The number of benzene rings is 2. The van der Waals surface area contributed by atoms with Crippen molar-refractivity contribution in [3.63, 3.8) is 0 Å². The van der Waals surface area contributed by atoms with Crippen molar-refractivity contribution in [3.8, 4) is 17.1 Å². The number of carbonyl (C=O) groups is 1. The van der Waals surface area contributed by atoms with Gasteiger partial charge in [-0.1, -0.05) is 23.9 Å². The van der Waals surface area contributed by atoms with E-state index in [1.807, 2.05) is 12.1 Å². The Balaban J connectivity index is 1.71. The number of methoxy groups -OCH3 is 1. The van der Waals surface area contributed by atoms with E-state index >= 15 is 0 Å². The lowest BCUT2D eigenvalue weighted by Gasteiger charge is -2.12. The molecule has 3 rings (SSSR count). The number of rotatable bonds is 6. The van der Waals surface area contributed by atoms with Gasteiger partial charge in [-0.05, 0) is 43.3 Å². The van der Waals surface area contributed by atoms with Gasteiger partial charge in [0, 0.05) is 5.56 Å². The molecule has 3 aromatic rings. The van der Waals surface area contributed by atoms with Crippen molar-refractivity contribution in [1.82, 2.24) is 14.9 Å². The van der Waals surface area contributed by atoms with E-state index in [1.165, 1.54) is 16.8 Å². The Hall–Kier alpha value is -3.07. The van der Waals surface area contributed by atoms with Crippen molar-refractivity contribution in [3.05, 3.63) is 54.3 Å². The zero-order valence-corrected chi connectivity index (χ0v) is 15.5. The van der Waals surface area contributed by atoms with Gasteiger partial charge in [-0.2, -0.15) is 0 Å². The monoisotopic (exact) mass is 387 g/mol. The maximum atomic E-state index is 13.7. The van der Waals surface area contributed by atoms with E-state index in [4.69, 9.17) is 10.6 Å². The van der Waals surface area contributed by atoms with Crippen LogP contribution in [0.2, 0.25) is 0 Å². The highest BCUT2D eigenvalue weighted by atomic mass is 32.2. The van der Waals surface area contributed by atoms with Crippen LogP contribution in [0.25, 0.3) is 11.4 Å². The molecule has 0 aliphatic rings. The molecule has 3 N–H and O–H groups in total. The molecule has 0 aliphatic carbocycles. The van der Waals surface area contributed by atoms with Gasteiger partial charge in [-0.3, -0.25) is 4.79 Å². The molecule has 9 heteroatoms. The number of ether oxygens (including phenoxy) is 1. The van der Waals surface area contributed by atoms with Crippen LogP contribution in [0.5, 0.6) is 5.75 Å². The average molecular weight is 387 g/mol. The van der Waals surface area contributed by atoms with Gasteiger partial charge in [-0.25, -0.2) is 9.07 Å². The number of aromatic nitrogens is 3. The fourth-order valence-corrected chi connectivity index (χ4v) is 3.07. The highest BCUT2D eigenvalue weighted by molar-refractivity contribution is 8.00. The van der Waals surface area contributed by atoms with E-state index in [0.29, 0.717) is 11.0 Å². The van der Waals surface area contributed by atoms with Gasteiger partial charge >= 0.3 is 0 Å². The lowest BCUT2D eigenvalue weighted by atomic mass is 10.2. The summed E-state index contributed by atoms with van der Waals surface area (Å²) in [6, 6.07) is 13.2. The summed E-state index contributed by atoms with van der Waals surface area (Å²) in [6.45, 7) is 1.68. The molecule has 0 aliphatic heterocycles. The second-order valence-electron chi connectivity index (χ2n) is 5.63. The Morgan fingerprint density at radius 1 is 1.22 bits per heavy atom. The molecule has 140 valence electrons. The summed E-state index contributed by atoms with van der Waals surface area (Å²) in [4.78, 5) is 12.3. The predicted octanol–water partition coefficient (Wildman–Crippen LogP) is 2.93. The van der Waals surface area contributed by atoms with Gasteiger partial charge in [0.1, 0.15) is 11.6 Å². The fraction of sp³-hybridized carbons (Fsp3) is 0.167. The number of para-hydroxylation sites is 1. The summed E-state index contributed by atoms with van der Waals surface area (Å²) in [5, 5.41) is 10.5. The van der Waals surface area contributed by atoms with Gasteiger partial charge in [0.2, 0.25) is 11.1 Å². The number of halogens is 1. The van der Waals surface area contributed by atoms with E-state index < -0.39 is 11.1 Å². The Bertz CT molecular complexity index is 945. The molecule has 0 spiro atoms. The highest BCUT2D eigenvalue weighted by Crippen LogP contribution is 2.26. The number of thioether (sulfide) groups is 1. The molecule has 1 atom stereocenters. The van der Waals surface area contributed by atoms with Gasteiger partial charge in [0.05, 0.1) is 18.0 Å². The van der Waals surface area contributed by atoms with E-state index in [1.54, 1.807) is 38.3 Å². The normalized spacial score (nSPS) is 11.8. The van der Waals surface area contributed by atoms with Crippen LogP contribution in [0.1, 0.15) is 6.92 Å². The zero-order chi connectivity index (χ0) is 19.4. The van der Waals surface area contributed by atoms with E-state index in [9.17, 15) is 9.18 Å². The van der Waals surface area contributed by atoms with Crippen LogP contribution in [0.15, 0.2) is 53.7 Å². The third-order valence-corrected chi connectivity index (χ3v) is 4.85. The molecule has 0 saturated heterocycles. The number of amides is 1. The zero-order valence-electron chi connectivity index (χ0n) is 14.7. The number of carbonyl (C=O) groups excluding carboxylic acids is 1. The minimum absolute atomic E-state index is 0.128. The molecule has 1 heterocycles. The van der Waals surface area contributed by atoms with Crippen LogP contribution in [-0.2, 0) is 4.79 Å². The Kier molecular flexibility index (Phi) is 5.60. The summed E-state index contributed by atoms with van der Waals surface area (Å²) >= 11 is 1.13. The highest BCUT2D eigenvalue weighted by Gasteiger charge is 2.20. The lowest BCUT2D eigenvalue weighted by molar-refractivity contribution is -0.115. The van der Waals surface area contributed by atoms with Crippen LogP contribution >= 0.6 is 11.8 Å². The fourth-order valence-electron chi connectivity index (χ4n) is 2.30. The summed E-state index contributed by atoms with van der Waals surface area (Å²) in [5.41, 5.74) is 0.893. The molecule has 1 aromatic heterocycles. The molecule has 2 aromatic carbocycles. The maximum Gasteiger partial charge on any atom is 0.237 e. The largest absolute Gasteiger partial charge is 0.497 e. The van der Waals surface area contributed by atoms with Crippen molar-refractivity contribution in [1.29, 1.82) is 0 Å². The topological polar surface area (TPSA) is 95.1 Å².